The molecule has 0 heterocycles. The van der Waals surface area contributed by atoms with E-state index in [1.54, 1.807) is 24.3 Å². The molecule has 0 saturated carbocycles. The maximum absolute atomic E-state index is 12.6. The summed E-state index contributed by atoms with van der Waals surface area (Å²) >= 11 is 0. The second kappa shape index (κ2) is 9.36. The SMILES string of the molecule is CC[C@H](C)/C(C)=N\NC(=O)c1cccc(S(=O)(=O)Nc2ccc(OC)cc2)c1. The molecular weight excluding hydrogens is 378 g/mol. The Morgan fingerprint density at radius 2 is 1.86 bits per heavy atom. The fourth-order valence-electron chi connectivity index (χ4n) is 2.29. The van der Waals surface area contributed by atoms with Crippen molar-refractivity contribution in [1.29, 1.82) is 0 Å². The number of benzene rings is 2. The first kappa shape index (κ1) is 21.4. The number of ether oxygens (including phenoxy) is 1. The van der Waals surface area contributed by atoms with E-state index in [9.17, 15) is 13.2 Å². The Kier molecular flexibility index (Phi) is 7.17. The highest BCUT2D eigenvalue weighted by atomic mass is 32.2. The molecule has 0 unspecified atom stereocenters. The lowest BCUT2D eigenvalue weighted by Gasteiger charge is -2.10. The van der Waals surface area contributed by atoms with Crippen molar-refractivity contribution in [2.45, 2.75) is 32.1 Å². The van der Waals surface area contributed by atoms with Crippen molar-refractivity contribution in [2.75, 3.05) is 11.8 Å². The van der Waals surface area contributed by atoms with Crippen LogP contribution in [0.15, 0.2) is 58.5 Å². The molecule has 0 aromatic heterocycles. The molecule has 0 bridgehead atoms. The summed E-state index contributed by atoms with van der Waals surface area (Å²) in [7, 11) is -2.31. The summed E-state index contributed by atoms with van der Waals surface area (Å²) in [4.78, 5) is 12.3. The molecule has 150 valence electrons. The maximum atomic E-state index is 12.6. The minimum Gasteiger partial charge on any atom is -0.497 e. The number of rotatable bonds is 8. The second-order valence-corrected chi connectivity index (χ2v) is 8.05. The largest absolute Gasteiger partial charge is 0.497 e. The van der Waals surface area contributed by atoms with Crippen molar-refractivity contribution in [1.82, 2.24) is 5.43 Å². The standard InChI is InChI=1S/C20H25N3O4S/c1-5-14(2)15(3)21-22-20(24)16-7-6-8-19(13-16)28(25,26)23-17-9-11-18(27-4)12-10-17/h6-14,23H,5H2,1-4H3,(H,22,24)/b21-15-/t14-/m0/s1. The molecule has 1 amide bonds. The Morgan fingerprint density at radius 1 is 1.18 bits per heavy atom. The van der Waals surface area contributed by atoms with E-state index in [1.807, 2.05) is 20.8 Å². The molecule has 0 aliphatic carbocycles. The van der Waals surface area contributed by atoms with Gasteiger partial charge in [0.1, 0.15) is 5.75 Å². The molecule has 28 heavy (non-hydrogen) atoms. The van der Waals surface area contributed by atoms with Crippen LogP contribution in [0.3, 0.4) is 0 Å². The molecule has 0 spiro atoms. The van der Waals surface area contributed by atoms with Crippen LogP contribution < -0.4 is 14.9 Å². The van der Waals surface area contributed by atoms with Crippen LogP contribution in [0.5, 0.6) is 5.75 Å². The second-order valence-electron chi connectivity index (χ2n) is 6.37. The van der Waals surface area contributed by atoms with E-state index in [0.717, 1.165) is 12.1 Å². The summed E-state index contributed by atoms with van der Waals surface area (Å²) in [6.45, 7) is 5.90. The highest BCUT2D eigenvalue weighted by molar-refractivity contribution is 7.92. The van der Waals surface area contributed by atoms with Crippen molar-refractivity contribution in [3.05, 3.63) is 54.1 Å². The van der Waals surface area contributed by atoms with Gasteiger partial charge in [-0.2, -0.15) is 5.10 Å². The lowest BCUT2D eigenvalue weighted by molar-refractivity contribution is 0.0954. The van der Waals surface area contributed by atoms with Crippen LogP contribution >= 0.6 is 0 Å². The molecule has 0 saturated heterocycles. The van der Waals surface area contributed by atoms with Crippen LogP contribution in [-0.4, -0.2) is 27.1 Å². The van der Waals surface area contributed by atoms with Gasteiger partial charge in [-0.05, 0) is 61.7 Å². The number of nitrogens with zero attached hydrogens (tertiary/aromatic N) is 1. The Hall–Kier alpha value is -2.87. The lowest BCUT2D eigenvalue weighted by Crippen LogP contribution is -2.21. The molecule has 0 radical (unpaired) electrons. The third-order valence-corrected chi connectivity index (χ3v) is 5.79. The Labute approximate surface area is 165 Å². The van der Waals surface area contributed by atoms with Gasteiger partial charge in [0.25, 0.3) is 15.9 Å². The summed E-state index contributed by atoms with van der Waals surface area (Å²) in [5.41, 5.74) is 3.88. The molecule has 2 rings (SSSR count). The van der Waals surface area contributed by atoms with Gasteiger partial charge in [-0.1, -0.05) is 19.9 Å². The number of methoxy groups -OCH3 is 1. The third kappa shape index (κ3) is 5.56. The number of hydrogen-bond acceptors (Lipinski definition) is 5. The number of carbonyl (C=O) groups is 1. The molecule has 2 N–H and O–H groups in total. The molecule has 0 fully saturated rings. The number of sulfonamides is 1. The summed E-state index contributed by atoms with van der Waals surface area (Å²) < 4.78 is 32.8. The first-order chi connectivity index (χ1) is 13.3. The highest BCUT2D eigenvalue weighted by Gasteiger charge is 2.17. The lowest BCUT2D eigenvalue weighted by atomic mass is 10.1. The predicted octanol–water partition coefficient (Wildman–Crippen LogP) is 3.65. The van der Waals surface area contributed by atoms with E-state index in [4.69, 9.17) is 4.74 Å². The van der Waals surface area contributed by atoms with Gasteiger partial charge in [-0.25, -0.2) is 13.8 Å². The quantitative estimate of drug-likeness (QED) is 0.519. The van der Waals surface area contributed by atoms with Gasteiger partial charge in [0.2, 0.25) is 0 Å². The molecule has 8 heteroatoms. The maximum Gasteiger partial charge on any atom is 0.271 e. The van der Waals surface area contributed by atoms with E-state index >= 15 is 0 Å². The summed E-state index contributed by atoms with van der Waals surface area (Å²) in [5, 5.41) is 4.09. The Morgan fingerprint density at radius 3 is 2.46 bits per heavy atom. The number of amides is 1. The minimum absolute atomic E-state index is 0.0152. The van der Waals surface area contributed by atoms with E-state index in [-0.39, 0.29) is 16.4 Å². The smallest absolute Gasteiger partial charge is 0.271 e. The van der Waals surface area contributed by atoms with Gasteiger partial charge in [0.15, 0.2) is 0 Å². The molecule has 2 aromatic rings. The van der Waals surface area contributed by atoms with E-state index in [0.29, 0.717) is 11.4 Å². The van der Waals surface area contributed by atoms with Crippen LogP contribution in [0.2, 0.25) is 0 Å². The molecule has 0 aliphatic rings. The van der Waals surface area contributed by atoms with E-state index in [1.165, 1.54) is 31.4 Å². The van der Waals surface area contributed by atoms with Crippen molar-refractivity contribution in [3.8, 4) is 5.75 Å². The minimum atomic E-state index is -3.84. The van der Waals surface area contributed by atoms with E-state index in [2.05, 4.69) is 15.2 Å². The molecule has 2 aromatic carbocycles. The fourth-order valence-corrected chi connectivity index (χ4v) is 3.39. The number of carbonyl (C=O) groups excluding carboxylic acids is 1. The normalized spacial score (nSPS) is 12.9. The van der Waals surface area contributed by atoms with Gasteiger partial charge in [0.05, 0.1) is 12.0 Å². The highest BCUT2D eigenvalue weighted by Crippen LogP contribution is 2.20. The molecule has 7 nitrogen and oxygen atoms in total. The first-order valence-corrected chi connectivity index (χ1v) is 10.4. The Bertz CT molecular complexity index is 954. The van der Waals surface area contributed by atoms with Gasteiger partial charge < -0.3 is 4.74 Å². The van der Waals surface area contributed by atoms with Gasteiger partial charge in [-0.15, -0.1) is 0 Å². The molecule has 0 aliphatic heterocycles. The van der Waals surface area contributed by atoms with Crippen molar-refractivity contribution in [2.24, 2.45) is 11.0 Å². The Balaban J connectivity index is 2.17. The average molecular weight is 404 g/mol. The summed E-state index contributed by atoms with van der Waals surface area (Å²) in [6, 6.07) is 12.3. The predicted molar refractivity (Wildman–Crippen MR) is 110 cm³/mol. The zero-order chi connectivity index (χ0) is 20.7. The topological polar surface area (TPSA) is 96.9 Å². The first-order valence-electron chi connectivity index (χ1n) is 8.88. The van der Waals surface area contributed by atoms with Crippen molar-refractivity contribution < 1.29 is 17.9 Å². The van der Waals surface area contributed by atoms with Crippen LogP contribution in [0.1, 0.15) is 37.6 Å². The number of anilines is 1. The number of hydrogen-bond donors (Lipinski definition) is 2. The summed E-state index contributed by atoms with van der Waals surface area (Å²) in [5.74, 6) is 0.403. The van der Waals surface area contributed by atoms with Crippen LogP contribution in [0, 0.1) is 5.92 Å². The van der Waals surface area contributed by atoms with Crippen molar-refractivity contribution in [3.63, 3.8) is 0 Å². The zero-order valence-corrected chi connectivity index (χ0v) is 17.2. The monoisotopic (exact) mass is 403 g/mol. The molecule has 1 atom stereocenters. The van der Waals surface area contributed by atoms with Gasteiger partial charge >= 0.3 is 0 Å². The van der Waals surface area contributed by atoms with Gasteiger partial charge in [-0.3, -0.25) is 9.52 Å². The van der Waals surface area contributed by atoms with Crippen LogP contribution in [0.25, 0.3) is 0 Å². The third-order valence-electron chi connectivity index (χ3n) is 4.41. The van der Waals surface area contributed by atoms with Gasteiger partial charge in [0, 0.05) is 17.0 Å². The summed E-state index contributed by atoms with van der Waals surface area (Å²) in [6.07, 6.45) is 0.913. The van der Waals surface area contributed by atoms with Crippen LogP contribution in [-0.2, 0) is 10.0 Å². The van der Waals surface area contributed by atoms with E-state index < -0.39 is 15.9 Å². The van der Waals surface area contributed by atoms with Crippen LogP contribution in [0.4, 0.5) is 5.69 Å². The molecular formula is C20H25N3O4S. The number of nitrogens with one attached hydrogen (secondary N) is 2. The van der Waals surface area contributed by atoms with Crippen molar-refractivity contribution >= 4 is 27.3 Å². The fraction of sp³-hybridized carbons (Fsp3) is 0.300. The zero-order valence-electron chi connectivity index (χ0n) is 16.4. The average Bonchev–Trinajstić information content (AvgIpc) is 2.71. The number of hydrazone groups is 1.